The first-order chi connectivity index (χ1) is 9.72. The molecule has 0 atom stereocenters. The molecule has 0 aliphatic rings. The monoisotopic (exact) mass is 268 g/mol. The van der Waals surface area contributed by atoms with Crippen molar-refractivity contribution in [2.75, 3.05) is 0 Å². The van der Waals surface area contributed by atoms with Gasteiger partial charge in [-0.2, -0.15) is 0 Å². The summed E-state index contributed by atoms with van der Waals surface area (Å²) in [5.74, 6) is 1.53. The van der Waals surface area contributed by atoms with Gasteiger partial charge in [0.2, 0.25) is 0 Å². The van der Waals surface area contributed by atoms with Crippen LogP contribution in [0.4, 0.5) is 0 Å². The van der Waals surface area contributed by atoms with Crippen LogP contribution in [0.25, 0.3) is 0 Å². The first kappa shape index (κ1) is 14.3. The van der Waals surface area contributed by atoms with E-state index in [0.29, 0.717) is 5.56 Å². The number of aryl methyl sites for hydroxylation is 2. The van der Waals surface area contributed by atoms with E-state index < -0.39 is 0 Å². The second kappa shape index (κ2) is 6.90. The van der Waals surface area contributed by atoms with Crippen molar-refractivity contribution >= 4 is 6.29 Å². The minimum atomic E-state index is 0.630. The highest BCUT2D eigenvalue weighted by Gasteiger charge is 2.03. The molecule has 104 valence electrons. The van der Waals surface area contributed by atoms with Crippen molar-refractivity contribution in [2.45, 2.75) is 33.1 Å². The van der Waals surface area contributed by atoms with Gasteiger partial charge in [0.25, 0.3) is 0 Å². The molecular formula is C18H20O2. The summed E-state index contributed by atoms with van der Waals surface area (Å²) in [4.78, 5) is 10.8. The molecule has 0 saturated heterocycles. The zero-order valence-electron chi connectivity index (χ0n) is 12.1. The second-order valence-electron chi connectivity index (χ2n) is 4.99. The van der Waals surface area contributed by atoms with Gasteiger partial charge < -0.3 is 4.74 Å². The predicted octanol–water partition coefficient (Wildman–Crippen LogP) is 4.94. The quantitative estimate of drug-likeness (QED) is 0.693. The minimum absolute atomic E-state index is 0.630. The summed E-state index contributed by atoms with van der Waals surface area (Å²) < 4.78 is 5.85. The highest BCUT2D eigenvalue weighted by molar-refractivity contribution is 5.75. The van der Waals surface area contributed by atoms with E-state index in [9.17, 15) is 4.79 Å². The summed E-state index contributed by atoms with van der Waals surface area (Å²) in [6.45, 7) is 4.17. The first-order valence-electron chi connectivity index (χ1n) is 7.05. The van der Waals surface area contributed by atoms with Gasteiger partial charge in [0, 0.05) is 5.56 Å². The molecule has 0 heterocycles. The smallest absolute Gasteiger partial charge is 0.150 e. The maximum absolute atomic E-state index is 10.8. The van der Waals surface area contributed by atoms with Crippen molar-refractivity contribution in [1.29, 1.82) is 0 Å². The number of benzene rings is 2. The van der Waals surface area contributed by atoms with Crippen molar-refractivity contribution < 1.29 is 9.53 Å². The van der Waals surface area contributed by atoms with E-state index in [1.807, 2.05) is 25.1 Å². The molecule has 2 nitrogen and oxygen atoms in total. The van der Waals surface area contributed by atoms with Gasteiger partial charge in [-0.1, -0.05) is 37.6 Å². The number of carbonyl (C=O) groups excluding carboxylic acids is 1. The molecule has 0 bridgehead atoms. The van der Waals surface area contributed by atoms with Crippen molar-refractivity contribution in [1.82, 2.24) is 0 Å². The summed E-state index contributed by atoms with van der Waals surface area (Å²) in [6, 6.07) is 13.6. The minimum Gasteiger partial charge on any atom is -0.457 e. The summed E-state index contributed by atoms with van der Waals surface area (Å²) >= 11 is 0. The Kier molecular flexibility index (Phi) is 4.94. The Morgan fingerprint density at radius 3 is 2.50 bits per heavy atom. The number of hydrogen-bond acceptors (Lipinski definition) is 2. The molecular weight excluding hydrogens is 248 g/mol. The lowest BCUT2D eigenvalue weighted by Gasteiger charge is -2.10. The number of ether oxygens (including phenoxy) is 1. The highest BCUT2D eigenvalue weighted by Crippen LogP contribution is 2.26. The Morgan fingerprint density at radius 1 is 1.10 bits per heavy atom. The average molecular weight is 268 g/mol. The maximum atomic E-state index is 10.8. The average Bonchev–Trinajstić information content (AvgIpc) is 2.49. The van der Waals surface area contributed by atoms with E-state index in [1.165, 1.54) is 18.4 Å². The van der Waals surface area contributed by atoms with Crippen molar-refractivity contribution in [3.05, 3.63) is 59.2 Å². The summed E-state index contributed by atoms with van der Waals surface area (Å²) in [5.41, 5.74) is 2.98. The van der Waals surface area contributed by atoms with Gasteiger partial charge >= 0.3 is 0 Å². The highest BCUT2D eigenvalue weighted by atomic mass is 16.5. The number of hydrogen-bond donors (Lipinski definition) is 0. The second-order valence-corrected chi connectivity index (χ2v) is 4.99. The van der Waals surface area contributed by atoms with E-state index in [0.717, 1.165) is 29.8 Å². The van der Waals surface area contributed by atoms with Crippen LogP contribution in [0.5, 0.6) is 11.5 Å². The molecule has 0 amide bonds. The molecule has 20 heavy (non-hydrogen) atoms. The van der Waals surface area contributed by atoms with Crippen LogP contribution in [0.2, 0.25) is 0 Å². The molecule has 2 aromatic carbocycles. The SMILES string of the molecule is CCCCc1ccc(Oc2cc(C=O)ccc2C)cc1. The Labute approximate surface area is 120 Å². The van der Waals surface area contributed by atoms with Crippen LogP contribution in [-0.4, -0.2) is 6.29 Å². The van der Waals surface area contributed by atoms with Crippen LogP contribution < -0.4 is 4.74 Å². The molecule has 0 unspecified atom stereocenters. The number of aldehydes is 1. The summed E-state index contributed by atoms with van der Waals surface area (Å²) in [5, 5.41) is 0. The third kappa shape index (κ3) is 3.70. The third-order valence-electron chi connectivity index (χ3n) is 3.32. The number of rotatable bonds is 6. The third-order valence-corrected chi connectivity index (χ3v) is 3.32. The van der Waals surface area contributed by atoms with Crippen LogP contribution in [0.3, 0.4) is 0 Å². The summed E-state index contributed by atoms with van der Waals surface area (Å²) in [6.07, 6.45) is 4.35. The van der Waals surface area contributed by atoms with E-state index in [-0.39, 0.29) is 0 Å². The predicted molar refractivity (Wildman–Crippen MR) is 81.7 cm³/mol. The van der Waals surface area contributed by atoms with Crippen molar-refractivity contribution in [3.8, 4) is 11.5 Å². The molecule has 0 aliphatic carbocycles. The van der Waals surface area contributed by atoms with Gasteiger partial charge in [-0.15, -0.1) is 0 Å². The van der Waals surface area contributed by atoms with Crippen LogP contribution >= 0.6 is 0 Å². The normalized spacial score (nSPS) is 10.3. The molecule has 0 N–H and O–H groups in total. The Morgan fingerprint density at radius 2 is 1.85 bits per heavy atom. The molecule has 0 aromatic heterocycles. The lowest BCUT2D eigenvalue weighted by molar-refractivity contribution is 0.112. The van der Waals surface area contributed by atoms with Crippen LogP contribution in [0.1, 0.15) is 41.3 Å². The Bertz CT molecular complexity index is 570. The maximum Gasteiger partial charge on any atom is 0.150 e. The van der Waals surface area contributed by atoms with Gasteiger partial charge in [0.05, 0.1) is 0 Å². The van der Waals surface area contributed by atoms with E-state index in [1.54, 1.807) is 12.1 Å². The molecule has 2 heteroatoms. The lowest BCUT2D eigenvalue weighted by atomic mass is 10.1. The fourth-order valence-corrected chi connectivity index (χ4v) is 2.03. The van der Waals surface area contributed by atoms with Crippen molar-refractivity contribution in [2.24, 2.45) is 0 Å². The number of carbonyl (C=O) groups is 1. The first-order valence-corrected chi connectivity index (χ1v) is 7.05. The summed E-state index contributed by atoms with van der Waals surface area (Å²) in [7, 11) is 0. The molecule has 0 saturated carbocycles. The largest absolute Gasteiger partial charge is 0.457 e. The molecule has 0 aliphatic heterocycles. The zero-order chi connectivity index (χ0) is 14.4. The standard InChI is InChI=1S/C18H20O2/c1-3-4-5-15-8-10-17(11-9-15)20-18-12-16(13-19)7-6-14(18)2/h6-13H,3-5H2,1-2H3. The topological polar surface area (TPSA) is 26.3 Å². The lowest BCUT2D eigenvalue weighted by Crippen LogP contribution is -1.91. The van der Waals surface area contributed by atoms with Crippen LogP contribution in [-0.2, 0) is 6.42 Å². The van der Waals surface area contributed by atoms with E-state index in [4.69, 9.17) is 4.74 Å². The van der Waals surface area contributed by atoms with Gasteiger partial charge in [-0.05, 0) is 49.1 Å². The zero-order valence-corrected chi connectivity index (χ0v) is 12.1. The van der Waals surface area contributed by atoms with Gasteiger partial charge in [-0.25, -0.2) is 0 Å². The van der Waals surface area contributed by atoms with Crippen LogP contribution in [0, 0.1) is 6.92 Å². The van der Waals surface area contributed by atoms with Crippen LogP contribution in [0.15, 0.2) is 42.5 Å². The molecule has 2 rings (SSSR count). The molecule has 0 fully saturated rings. The molecule has 0 radical (unpaired) electrons. The van der Waals surface area contributed by atoms with E-state index >= 15 is 0 Å². The van der Waals surface area contributed by atoms with Gasteiger partial charge in [-0.3, -0.25) is 4.79 Å². The van der Waals surface area contributed by atoms with Gasteiger partial charge in [0.1, 0.15) is 17.8 Å². The van der Waals surface area contributed by atoms with E-state index in [2.05, 4.69) is 19.1 Å². The number of unbranched alkanes of at least 4 members (excludes halogenated alkanes) is 1. The fraction of sp³-hybridized carbons (Fsp3) is 0.278. The molecule has 0 spiro atoms. The fourth-order valence-electron chi connectivity index (χ4n) is 2.03. The Hall–Kier alpha value is -2.09. The van der Waals surface area contributed by atoms with Crippen molar-refractivity contribution in [3.63, 3.8) is 0 Å². The molecule has 2 aromatic rings. The van der Waals surface area contributed by atoms with Gasteiger partial charge in [0.15, 0.2) is 0 Å². The Balaban J connectivity index is 2.11.